The summed E-state index contributed by atoms with van der Waals surface area (Å²) in [4.78, 5) is 0. The molecule has 0 aliphatic heterocycles. The van der Waals surface area contributed by atoms with Gasteiger partial charge in [0.2, 0.25) is 0 Å². The van der Waals surface area contributed by atoms with Gasteiger partial charge in [0.25, 0.3) is 0 Å². The summed E-state index contributed by atoms with van der Waals surface area (Å²) in [5.74, 6) is 1.41. The highest BCUT2D eigenvalue weighted by Crippen LogP contribution is 2.37. The number of halogens is 2. The third-order valence-corrected chi connectivity index (χ3v) is 4.69. The van der Waals surface area contributed by atoms with Crippen LogP contribution in [0.3, 0.4) is 0 Å². The van der Waals surface area contributed by atoms with E-state index in [1.165, 1.54) is 0 Å². The molecule has 142 valence electrons. The largest absolute Gasteiger partial charge is 0.490 e. The Morgan fingerprint density at radius 3 is 2.69 bits per heavy atom. The van der Waals surface area contributed by atoms with Crippen LogP contribution in [0.2, 0.25) is 5.02 Å². The molecule has 2 aromatic rings. The van der Waals surface area contributed by atoms with E-state index in [0.29, 0.717) is 24.0 Å². The minimum absolute atomic E-state index is 0.382. The highest BCUT2D eigenvalue weighted by molar-refractivity contribution is 9.10. The minimum Gasteiger partial charge on any atom is -0.490 e. The summed E-state index contributed by atoms with van der Waals surface area (Å²) in [5, 5.41) is 4.10. The normalized spacial score (nSPS) is 10.8. The van der Waals surface area contributed by atoms with Crippen LogP contribution in [0, 0.1) is 0 Å². The van der Waals surface area contributed by atoms with Gasteiger partial charge >= 0.3 is 0 Å². The van der Waals surface area contributed by atoms with Gasteiger partial charge < -0.3 is 19.5 Å². The van der Waals surface area contributed by atoms with Gasteiger partial charge in [-0.1, -0.05) is 29.8 Å². The molecule has 0 saturated heterocycles. The average Bonchev–Trinajstić information content (AvgIpc) is 2.62. The fourth-order valence-corrected chi connectivity index (χ4v) is 3.26. The number of hydrogen-bond donors (Lipinski definition) is 1. The molecule has 0 heterocycles. The van der Waals surface area contributed by atoms with Crippen LogP contribution in [0.25, 0.3) is 0 Å². The molecule has 4 nitrogen and oxygen atoms in total. The lowest BCUT2D eigenvalue weighted by Gasteiger charge is -2.16. The molecule has 0 aliphatic carbocycles. The summed E-state index contributed by atoms with van der Waals surface area (Å²) >= 11 is 9.82. The van der Waals surface area contributed by atoms with E-state index in [1.54, 1.807) is 7.11 Å². The van der Waals surface area contributed by atoms with Crippen molar-refractivity contribution < 1.29 is 14.2 Å². The highest BCUT2D eigenvalue weighted by Gasteiger charge is 2.13. The molecule has 0 saturated carbocycles. The molecule has 6 heteroatoms. The fraction of sp³-hybridized carbons (Fsp3) is 0.400. The predicted octanol–water partition coefficient (Wildman–Crippen LogP) is 5.21. The van der Waals surface area contributed by atoms with Gasteiger partial charge in [0.05, 0.1) is 11.1 Å². The number of ether oxygens (including phenoxy) is 3. The molecule has 2 rings (SSSR count). The summed E-state index contributed by atoms with van der Waals surface area (Å²) in [6, 6.07) is 11.7. The predicted molar refractivity (Wildman–Crippen MR) is 109 cm³/mol. The van der Waals surface area contributed by atoms with Crippen LogP contribution < -0.4 is 14.8 Å². The van der Waals surface area contributed by atoms with Crippen molar-refractivity contribution in [2.75, 3.05) is 26.9 Å². The van der Waals surface area contributed by atoms with Crippen molar-refractivity contribution in [1.29, 1.82) is 0 Å². The van der Waals surface area contributed by atoms with Crippen molar-refractivity contribution >= 4 is 27.5 Å². The van der Waals surface area contributed by atoms with Gasteiger partial charge in [-0.05, 0) is 59.6 Å². The van der Waals surface area contributed by atoms with Gasteiger partial charge in [0.1, 0.15) is 6.61 Å². The zero-order valence-corrected chi connectivity index (χ0v) is 17.5. The monoisotopic (exact) mass is 441 g/mol. The number of nitrogens with one attached hydrogen (secondary N) is 1. The van der Waals surface area contributed by atoms with Crippen molar-refractivity contribution in [2.24, 2.45) is 0 Å². The topological polar surface area (TPSA) is 39.7 Å². The summed E-state index contributed by atoms with van der Waals surface area (Å²) in [7, 11) is 1.72. The van der Waals surface area contributed by atoms with Gasteiger partial charge in [-0.3, -0.25) is 0 Å². The van der Waals surface area contributed by atoms with Gasteiger partial charge in [0.15, 0.2) is 11.5 Å². The molecular weight excluding hydrogens is 418 g/mol. The van der Waals surface area contributed by atoms with Crippen LogP contribution in [0.5, 0.6) is 11.5 Å². The maximum Gasteiger partial charge on any atom is 0.175 e. The maximum atomic E-state index is 6.21. The van der Waals surface area contributed by atoms with Crippen LogP contribution in [0.1, 0.15) is 24.5 Å². The quantitative estimate of drug-likeness (QED) is 0.485. The molecule has 0 bridgehead atoms. The average molecular weight is 443 g/mol. The molecule has 2 aromatic carbocycles. The lowest BCUT2D eigenvalue weighted by molar-refractivity contribution is 0.194. The van der Waals surface area contributed by atoms with E-state index in [2.05, 4.69) is 21.2 Å². The lowest BCUT2D eigenvalue weighted by Crippen LogP contribution is -2.16. The van der Waals surface area contributed by atoms with Gasteiger partial charge in [-0.2, -0.15) is 0 Å². The van der Waals surface area contributed by atoms with Crippen LogP contribution in [-0.2, 0) is 17.9 Å². The molecule has 0 aliphatic rings. The second-order valence-corrected chi connectivity index (χ2v) is 7.00. The van der Waals surface area contributed by atoms with Crippen molar-refractivity contribution in [2.45, 2.75) is 26.5 Å². The third kappa shape index (κ3) is 6.47. The first kappa shape index (κ1) is 21.0. The molecule has 1 N–H and O–H groups in total. The Balaban J connectivity index is 2.06. The first-order chi connectivity index (χ1) is 12.7. The Hall–Kier alpha value is -1.27. The molecule has 0 spiro atoms. The molecule has 0 atom stereocenters. The number of benzene rings is 2. The van der Waals surface area contributed by atoms with E-state index in [9.17, 15) is 0 Å². The molecule has 26 heavy (non-hydrogen) atoms. The molecule has 0 amide bonds. The first-order valence-corrected chi connectivity index (χ1v) is 9.83. The van der Waals surface area contributed by atoms with Gasteiger partial charge in [0, 0.05) is 30.8 Å². The van der Waals surface area contributed by atoms with E-state index in [4.69, 9.17) is 25.8 Å². The highest BCUT2D eigenvalue weighted by atomic mass is 79.9. The maximum absolute atomic E-state index is 6.21. The SMILES string of the molecule is CCOc1cc(CNCCCOC)cc(Br)c1OCc1ccccc1Cl. The molecule has 0 unspecified atom stereocenters. The lowest BCUT2D eigenvalue weighted by atomic mass is 10.2. The Labute approximate surface area is 168 Å². The van der Waals surface area contributed by atoms with E-state index in [-0.39, 0.29) is 0 Å². The summed E-state index contributed by atoms with van der Waals surface area (Å²) in [6.07, 6.45) is 0.981. The Morgan fingerprint density at radius 2 is 1.96 bits per heavy atom. The number of hydrogen-bond acceptors (Lipinski definition) is 4. The zero-order valence-electron chi connectivity index (χ0n) is 15.2. The van der Waals surface area contributed by atoms with E-state index in [0.717, 1.165) is 47.5 Å². The molecule has 0 fully saturated rings. The van der Waals surface area contributed by atoms with Crippen molar-refractivity contribution in [1.82, 2.24) is 5.32 Å². The van der Waals surface area contributed by atoms with Gasteiger partial charge in [-0.25, -0.2) is 0 Å². The Kier molecular flexibility index (Phi) is 9.26. The van der Waals surface area contributed by atoms with Crippen LogP contribution in [-0.4, -0.2) is 26.9 Å². The second kappa shape index (κ2) is 11.4. The molecule has 0 radical (unpaired) electrons. The second-order valence-electron chi connectivity index (χ2n) is 5.74. The number of methoxy groups -OCH3 is 1. The molecule has 0 aromatic heterocycles. The third-order valence-electron chi connectivity index (χ3n) is 3.73. The Bertz CT molecular complexity index is 697. The van der Waals surface area contributed by atoms with Crippen molar-refractivity contribution in [3.63, 3.8) is 0 Å². The van der Waals surface area contributed by atoms with E-state index >= 15 is 0 Å². The standard InChI is InChI=1S/C20H25BrClNO3/c1-3-25-19-12-15(13-23-9-6-10-24-2)11-17(21)20(19)26-14-16-7-4-5-8-18(16)22/h4-5,7-8,11-12,23H,3,6,9-10,13-14H2,1-2H3. The van der Waals surface area contributed by atoms with Gasteiger partial charge in [-0.15, -0.1) is 0 Å². The Morgan fingerprint density at radius 1 is 1.15 bits per heavy atom. The van der Waals surface area contributed by atoms with E-state index in [1.807, 2.05) is 43.3 Å². The van der Waals surface area contributed by atoms with Crippen molar-refractivity contribution in [3.8, 4) is 11.5 Å². The van der Waals surface area contributed by atoms with E-state index < -0.39 is 0 Å². The fourth-order valence-electron chi connectivity index (χ4n) is 2.47. The minimum atomic E-state index is 0.382. The van der Waals surface area contributed by atoms with Crippen molar-refractivity contribution in [3.05, 3.63) is 57.0 Å². The smallest absolute Gasteiger partial charge is 0.175 e. The van der Waals surface area contributed by atoms with Crippen LogP contribution in [0.15, 0.2) is 40.9 Å². The van der Waals surface area contributed by atoms with Crippen LogP contribution in [0.4, 0.5) is 0 Å². The first-order valence-electron chi connectivity index (χ1n) is 8.66. The zero-order chi connectivity index (χ0) is 18.8. The summed E-state index contributed by atoms with van der Waals surface area (Å²) in [6.45, 7) is 5.33. The van der Waals surface area contributed by atoms with Crippen LogP contribution >= 0.6 is 27.5 Å². The molecular formula is C20H25BrClNO3. The number of rotatable bonds is 11. The summed E-state index contributed by atoms with van der Waals surface area (Å²) in [5.41, 5.74) is 2.07. The summed E-state index contributed by atoms with van der Waals surface area (Å²) < 4.78 is 17.7.